The van der Waals surface area contributed by atoms with Gasteiger partial charge in [0, 0.05) is 11.1 Å². The standard InChI is InChI=1S/C19H25ClN4S/c1-13-18(22-19(25)21-17-6-4-3-5-7-17)14(2)24(23-13)12-15-8-10-16(20)11-9-15/h8-11,17H,3-7,12H2,1-2H3,(H2,21,22,25). The summed E-state index contributed by atoms with van der Waals surface area (Å²) in [5.41, 5.74) is 4.21. The fourth-order valence-electron chi connectivity index (χ4n) is 3.38. The summed E-state index contributed by atoms with van der Waals surface area (Å²) in [6.07, 6.45) is 6.33. The summed E-state index contributed by atoms with van der Waals surface area (Å²) in [5.74, 6) is 0. The van der Waals surface area contributed by atoms with E-state index in [1.54, 1.807) is 0 Å². The molecule has 0 aliphatic heterocycles. The number of hydrogen-bond donors (Lipinski definition) is 2. The van der Waals surface area contributed by atoms with Crippen LogP contribution in [0.4, 0.5) is 5.69 Å². The quantitative estimate of drug-likeness (QED) is 0.750. The second-order valence-corrected chi connectivity index (χ2v) is 7.61. The molecule has 2 aromatic rings. The van der Waals surface area contributed by atoms with E-state index in [0.717, 1.165) is 22.1 Å². The van der Waals surface area contributed by atoms with Crippen molar-refractivity contribution in [2.75, 3.05) is 5.32 Å². The number of nitrogens with zero attached hydrogens (tertiary/aromatic N) is 2. The third kappa shape index (κ3) is 4.73. The Balaban J connectivity index is 1.66. The van der Waals surface area contributed by atoms with Crippen LogP contribution in [-0.2, 0) is 6.54 Å². The van der Waals surface area contributed by atoms with Crippen LogP contribution in [0.3, 0.4) is 0 Å². The number of nitrogens with one attached hydrogen (secondary N) is 2. The van der Waals surface area contributed by atoms with Crippen LogP contribution in [0.1, 0.15) is 49.1 Å². The monoisotopic (exact) mass is 376 g/mol. The normalized spacial score (nSPS) is 15.2. The molecular weight excluding hydrogens is 352 g/mol. The first kappa shape index (κ1) is 18.2. The van der Waals surface area contributed by atoms with Crippen molar-refractivity contribution in [1.82, 2.24) is 15.1 Å². The zero-order valence-electron chi connectivity index (χ0n) is 14.8. The number of aryl methyl sites for hydroxylation is 1. The summed E-state index contributed by atoms with van der Waals surface area (Å²) in [6.45, 7) is 4.80. The van der Waals surface area contributed by atoms with Crippen molar-refractivity contribution in [3.8, 4) is 0 Å². The maximum atomic E-state index is 5.96. The molecule has 1 aliphatic rings. The van der Waals surface area contributed by atoms with Crippen molar-refractivity contribution in [2.45, 2.75) is 58.5 Å². The average molecular weight is 377 g/mol. The summed E-state index contributed by atoms with van der Waals surface area (Å²) in [7, 11) is 0. The van der Waals surface area contributed by atoms with Crippen LogP contribution in [0.5, 0.6) is 0 Å². The molecule has 2 N–H and O–H groups in total. The summed E-state index contributed by atoms with van der Waals surface area (Å²) in [5, 5.41) is 12.9. The molecule has 1 fully saturated rings. The van der Waals surface area contributed by atoms with Crippen molar-refractivity contribution in [3.63, 3.8) is 0 Å². The largest absolute Gasteiger partial charge is 0.360 e. The van der Waals surface area contributed by atoms with E-state index in [4.69, 9.17) is 23.8 Å². The molecule has 0 spiro atoms. The third-order valence-electron chi connectivity index (χ3n) is 4.81. The minimum atomic E-state index is 0.499. The molecule has 134 valence electrons. The van der Waals surface area contributed by atoms with Crippen molar-refractivity contribution in [2.24, 2.45) is 0 Å². The smallest absolute Gasteiger partial charge is 0.171 e. The van der Waals surface area contributed by atoms with Crippen molar-refractivity contribution in [1.29, 1.82) is 0 Å². The minimum Gasteiger partial charge on any atom is -0.360 e. The fraction of sp³-hybridized carbons (Fsp3) is 0.474. The maximum Gasteiger partial charge on any atom is 0.171 e. The van der Waals surface area contributed by atoms with Gasteiger partial charge < -0.3 is 10.6 Å². The molecule has 4 nitrogen and oxygen atoms in total. The zero-order valence-corrected chi connectivity index (χ0v) is 16.4. The van der Waals surface area contributed by atoms with Crippen LogP contribution in [-0.4, -0.2) is 20.9 Å². The molecular formula is C19H25ClN4S. The van der Waals surface area contributed by atoms with E-state index in [0.29, 0.717) is 17.7 Å². The van der Waals surface area contributed by atoms with E-state index in [9.17, 15) is 0 Å². The lowest BCUT2D eigenvalue weighted by Crippen LogP contribution is -2.39. The highest BCUT2D eigenvalue weighted by Crippen LogP contribution is 2.22. The molecule has 1 saturated carbocycles. The van der Waals surface area contributed by atoms with Crippen molar-refractivity contribution >= 4 is 34.6 Å². The molecule has 0 amide bonds. The third-order valence-corrected chi connectivity index (χ3v) is 5.28. The molecule has 1 aromatic heterocycles. The molecule has 0 bridgehead atoms. The predicted molar refractivity (Wildman–Crippen MR) is 108 cm³/mol. The molecule has 1 heterocycles. The van der Waals surface area contributed by atoms with Gasteiger partial charge in [0.15, 0.2) is 5.11 Å². The first-order valence-electron chi connectivity index (χ1n) is 8.89. The lowest BCUT2D eigenvalue weighted by molar-refractivity contribution is 0.415. The lowest BCUT2D eigenvalue weighted by Gasteiger charge is -2.24. The van der Waals surface area contributed by atoms with Crippen LogP contribution < -0.4 is 10.6 Å². The molecule has 1 aromatic carbocycles. The highest BCUT2D eigenvalue weighted by molar-refractivity contribution is 7.80. The molecule has 6 heteroatoms. The highest BCUT2D eigenvalue weighted by atomic mass is 35.5. The lowest BCUT2D eigenvalue weighted by atomic mass is 9.96. The van der Waals surface area contributed by atoms with Gasteiger partial charge in [0.1, 0.15) is 0 Å². The summed E-state index contributed by atoms with van der Waals surface area (Å²) in [4.78, 5) is 0. The van der Waals surface area contributed by atoms with Gasteiger partial charge in [-0.1, -0.05) is 43.0 Å². The van der Waals surface area contributed by atoms with Gasteiger partial charge in [-0.25, -0.2) is 0 Å². The molecule has 0 radical (unpaired) electrons. The Bertz CT molecular complexity index is 733. The molecule has 1 aliphatic carbocycles. The predicted octanol–water partition coefficient (Wildman–Crippen LogP) is 4.82. The number of halogens is 1. The van der Waals surface area contributed by atoms with Crippen LogP contribution in [0.25, 0.3) is 0 Å². The number of rotatable bonds is 4. The first-order valence-corrected chi connectivity index (χ1v) is 9.67. The van der Waals surface area contributed by atoms with Crippen LogP contribution in [0.15, 0.2) is 24.3 Å². The van der Waals surface area contributed by atoms with Gasteiger partial charge in [-0.2, -0.15) is 5.10 Å². The highest BCUT2D eigenvalue weighted by Gasteiger charge is 2.17. The van der Waals surface area contributed by atoms with E-state index < -0.39 is 0 Å². The van der Waals surface area contributed by atoms with Crippen molar-refractivity contribution < 1.29 is 0 Å². The Morgan fingerprint density at radius 3 is 2.56 bits per heavy atom. The Morgan fingerprint density at radius 2 is 1.88 bits per heavy atom. The number of thiocarbonyl (C=S) groups is 1. The van der Waals surface area contributed by atoms with Gasteiger partial charge in [0.05, 0.1) is 23.6 Å². The van der Waals surface area contributed by atoms with Crippen LogP contribution >= 0.6 is 23.8 Å². The number of hydrogen-bond acceptors (Lipinski definition) is 2. The number of aromatic nitrogens is 2. The van der Waals surface area contributed by atoms with Crippen LogP contribution in [0, 0.1) is 13.8 Å². The summed E-state index contributed by atoms with van der Waals surface area (Å²) < 4.78 is 2.00. The van der Waals surface area contributed by atoms with Gasteiger partial charge in [0.25, 0.3) is 0 Å². The van der Waals surface area contributed by atoms with Crippen LogP contribution in [0.2, 0.25) is 5.02 Å². The fourth-order valence-corrected chi connectivity index (χ4v) is 3.77. The number of benzene rings is 1. The van der Waals surface area contributed by atoms with E-state index in [1.807, 2.05) is 35.9 Å². The first-order chi connectivity index (χ1) is 12.0. The SMILES string of the molecule is Cc1nn(Cc2ccc(Cl)cc2)c(C)c1NC(=S)NC1CCCCC1. The maximum absolute atomic E-state index is 5.96. The molecule has 0 atom stereocenters. The Morgan fingerprint density at radius 1 is 1.20 bits per heavy atom. The second kappa shape index (κ2) is 8.19. The van der Waals surface area contributed by atoms with E-state index in [2.05, 4.69) is 22.7 Å². The van der Waals surface area contributed by atoms with Gasteiger partial charge in [-0.05, 0) is 56.6 Å². The van der Waals surface area contributed by atoms with E-state index in [1.165, 1.54) is 37.7 Å². The topological polar surface area (TPSA) is 41.9 Å². The van der Waals surface area contributed by atoms with E-state index in [-0.39, 0.29) is 0 Å². The average Bonchev–Trinajstić information content (AvgIpc) is 2.85. The Labute approximate surface area is 160 Å². The number of anilines is 1. The van der Waals surface area contributed by atoms with Gasteiger partial charge >= 0.3 is 0 Å². The molecule has 3 rings (SSSR count). The molecule has 0 unspecified atom stereocenters. The molecule has 0 saturated heterocycles. The summed E-state index contributed by atoms with van der Waals surface area (Å²) >= 11 is 11.5. The minimum absolute atomic E-state index is 0.499. The molecule has 25 heavy (non-hydrogen) atoms. The van der Waals surface area contributed by atoms with Gasteiger partial charge in [0.2, 0.25) is 0 Å². The van der Waals surface area contributed by atoms with Gasteiger partial charge in [-0.3, -0.25) is 4.68 Å². The van der Waals surface area contributed by atoms with Gasteiger partial charge in [-0.15, -0.1) is 0 Å². The Kier molecular flexibility index (Phi) is 5.97. The Hall–Kier alpha value is -1.59. The van der Waals surface area contributed by atoms with E-state index >= 15 is 0 Å². The second-order valence-electron chi connectivity index (χ2n) is 6.76. The van der Waals surface area contributed by atoms with Crippen molar-refractivity contribution in [3.05, 3.63) is 46.2 Å². The zero-order chi connectivity index (χ0) is 17.8. The summed E-state index contributed by atoms with van der Waals surface area (Å²) in [6, 6.07) is 8.37.